The quantitative estimate of drug-likeness (QED) is 0.749. The number of aromatic nitrogens is 6. The molecule has 0 aromatic carbocycles. The molecule has 0 aliphatic rings. The number of hydrogen-bond donors (Lipinski definition) is 1. The zero-order valence-electron chi connectivity index (χ0n) is 11.1. The van der Waals surface area contributed by atoms with Gasteiger partial charge < -0.3 is 9.84 Å². The topological polar surface area (TPSA) is 112 Å². The van der Waals surface area contributed by atoms with Gasteiger partial charge in [-0.2, -0.15) is 0 Å². The molecule has 0 aliphatic carbocycles. The molecule has 3 rings (SSSR count). The molecule has 3 heterocycles. The van der Waals surface area contributed by atoms with E-state index in [0.29, 0.717) is 17.4 Å². The summed E-state index contributed by atoms with van der Waals surface area (Å²) in [7, 11) is 0. The standard InChI is InChI=1S/C12H11N7O2/c1-8-6-10(16-21-8)14-11(20)7-19-12(15-17-18-19)9-2-4-13-5-3-9/h2-6H,7H2,1H3,(H,14,16,20). The lowest BCUT2D eigenvalue weighted by molar-refractivity contribution is -0.116. The maximum atomic E-state index is 12.0. The van der Waals surface area contributed by atoms with Crippen molar-refractivity contribution in [2.45, 2.75) is 13.5 Å². The van der Waals surface area contributed by atoms with Gasteiger partial charge in [0.15, 0.2) is 11.6 Å². The van der Waals surface area contributed by atoms with Gasteiger partial charge in [0.2, 0.25) is 5.91 Å². The van der Waals surface area contributed by atoms with Crippen molar-refractivity contribution < 1.29 is 9.32 Å². The van der Waals surface area contributed by atoms with Crippen molar-refractivity contribution in [3.63, 3.8) is 0 Å². The first-order chi connectivity index (χ1) is 10.2. The Morgan fingerprint density at radius 3 is 2.90 bits per heavy atom. The van der Waals surface area contributed by atoms with Crippen LogP contribution in [0, 0.1) is 6.92 Å². The summed E-state index contributed by atoms with van der Waals surface area (Å²) in [6, 6.07) is 5.16. The van der Waals surface area contributed by atoms with E-state index in [1.807, 2.05) is 0 Å². The van der Waals surface area contributed by atoms with Crippen LogP contribution in [-0.2, 0) is 11.3 Å². The van der Waals surface area contributed by atoms with Gasteiger partial charge in [-0.25, -0.2) is 4.68 Å². The van der Waals surface area contributed by atoms with E-state index < -0.39 is 0 Å². The number of nitrogens with zero attached hydrogens (tertiary/aromatic N) is 6. The molecule has 0 bridgehead atoms. The summed E-state index contributed by atoms with van der Waals surface area (Å²) in [4.78, 5) is 15.9. The molecule has 3 aromatic heterocycles. The highest BCUT2D eigenvalue weighted by molar-refractivity contribution is 5.89. The second-order valence-corrected chi connectivity index (χ2v) is 4.27. The number of tetrazole rings is 1. The molecule has 0 saturated carbocycles. The van der Waals surface area contributed by atoms with Crippen LogP contribution in [0.4, 0.5) is 5.82 Å². The Labute approximate surface area is 119 Å². The Morgan fingerprint density at radius 2 is 2.19 bits per heavy atom. The number of carbonyl (C=O) groups is 1. The predicted molar refractivity (Wildman–Crippen MR) is 70.9 cm³/mol. The third kappa shape index (κ3) is 2.91. The predicted octanol–water partition coefficient (Wildman–Crippen LogP) is 0.670. The van der Waals surface area contributed by atoms with Crippen LogP contribution in [0.25, 0.3) is 11.4 Å². The molecule has 9 nitrogen and oxygen atoms in total. The fraction of sp³-hybridized carbons (Fsp3) is 0.167. The zero-order valence-corrected chi connectivity index (χ0v) is 11.1. The van der Waals surface area contributed by atoms with Gasteiger partial charge in [-0.3, -0.25) is 9.78 Å². The van der Waals surface area contributed by atoms with Crippen LogP contribution in [0.15, 0.2) is 35.1 Å². The number of anilines is 1. The van der Waals surface area contributed by atoms with E-state index in [9.17, 15) is 4.79 Å². The van der Waals surface area contributed by atoms with E-state index in [0.717, 1.165) is 5.56 Å². The van der Waals surface area contributed by atoms with E-state index in [1.165, 1.54) is 4.68 Å². The summed E-state index contributed by atoms with van der Waals surface area (Å²) in [5.41, 5.74) is 0.778. The second-order valence-electron chi connectivity index (χ2n) is 4.27. The van der Waals surface area contributed by atoms with Crippen LogP contribution in [0.5, 0.6) is 0 Å². The van der Waals surface area contributed by atoms with Gasteiger partial charge >= 0.3 is 0 Å². The minimum absolute atomic E-state index is 0.0312. The molecule has 0 radical (unpaired) electrons. The molecule has 0 fully saturated rings. The van der Waals surface area contributed by atoms with Gasteiger partial charge in [0.25, 0.3) is 0 Å². The summed E-state index contributed by atoms with van der Waals surface area (Å²) in [5.74, 6) is 1.16. The Balaban J connectivity index is 1.74. The van der Waals surface area contributed by atoms with Gasteiger partial charge in [0.1, 0.15) is 12.3 Å². The van der Waals surface area contributed by atoms with Gasteiger partial charge in [-0.1, -0.05) is 5.16 Å². The van der Waals surface area contributed by atoms with Crippen molar-refractivity contribution in [3.05, 3.63) is 36.4 Å². The van der Waals surface area contributed by atoms with Crippen molar-refractivity contribution in [2.24, 2.45) is 0 Å². The second kappa shape index (κ2) is 5.49. The average molecular weight is 285 g/mol. The van der Waals surface area contributed by atoms with Crippen LogP contribution >= 0.6 is 0 Å². The third-order valence-electron chi connectivity index (χ3n) is 2.66. The monoisotopic (exact) mass is 285 g/mol. The van der Waals surface area contributed by atoms with Gasteiger partial charge in [-0.15, -0.1) is 5.10 Å². The number of hydrogen-bond acceptors (Lipinski definition) is 7. The molecule has 1 N–H and O–H groups in total. The summed E-state index contributed by atoms with van der Waals surface area (Å²) in [6.45, 7) is 1.71. The van der Waals surface area contributed by atoms with E-state index in [2.05, 4.69) is 31.0 Å². The Morgan fingerprint density at radius 1 is 1.38 bits per heavy atom. The fourth-order valence-electron chi connectivity index (χ4n) is 1.76. The molecule has 21 heavy (non-hydrogen) atoms. The molecule has 3 aromatic rings. The Bertz CT molecular complexity index is 750. The Kier molecular flexibility index (Phi) is 3.37. The number of rotatable bonds is 4. The smallest absolute Gasteiger partial charge is 0.247 e. The fourth-order valence-corrected chi connectivity index (χ4v) is 1.76. The summed E-state index contributed by atoms with van der Waals surface area (Å²) in [6.07, 6.45) is 3.26. The van der Waals surface area contributed by atoms with E-state index in [1.54, 1.807) is 37.5 Å². The maximum Gasteiger partial charge on any atom is 0.247 e. The molecule has 0 spiro atoms. The molecular weight excluding hydrogens is 274 g/mol. The first-order valence-corrected chi connectivity index (χ1v) is 6.12. The van der Waals surface area contributed by atoms with Crippen molar-refractivity contribution >= 4 is 11.7 Å². The first-order valence-electron chi connectivity index (χ1n) is 6.12. The van der Waals surface area contributed by atoms with Gasteiger partial charge in [0, 0.05) is 24.0 Å². The lowest BCUT2D eigenvalue weighted by Crippen LogP contribution is -2.20. The minimum atomic E-state index is -0.300. The summed E-state index contributed by atoms with van der Waals surface area (Å²) in [5, 5.41) is 17.6. The van der Waals surface area contributed by atoms with Gasteiger partial charge in [-0.05, 0) is 29.5 Å². The van der Waals surface area contributed by atoms with Crippen molar-refractivity contribution in [3.8, 4) is 11.4 Å². The van der Waals surface area contributed by atoms with Crippen LogP contribution in [0.1, 0.15) is 5.76 Å². The average Bonchev–Trinajstić information content (AvgIpc) is 3.09. The first kappa shape index (κ1) is 12.9. The van der Waals surface area contributed by atoms with Crippen LogP contribution in [0.3, 0.4) is 0 Å². The number of amides is 1. The molecule has 106 valence electrons. The van der Waals surface area contributed by atoms with E-state index in [-0.39, 0.29) is 12.5 Å². The zero-order chi connectivity index (χ0) is 14.7. The highest BCUT2D eigenvalue weighted by Crippen LogP contribution is 2.14. The third-order valence-corrected chi connectivity index (χ3v) is 2.66. The van der Waals surface area contributed by atoms with Crippen LogP contribution < -0.4 is 5.32 Å². The lowest BCUT2D eigenvalue weighted by atomic mass is 10.2. The number of nitrogens with one attached hydrogen (secondary N) is 1. The largest absolute Gasteiger partial charge is 0.360 e. The lowest BCUT2D eigenvalue weighted by Gasteiger charge is -2.04. The molecule has 0 atom stereocenters. The molecule has 1 amide bonds. The van der Waals surface area contributed by atoms with Gasteiger partial charge in [0.05, 0.1) is 0 Å². The SMILES string of the molecule is Cc1cc(NC(=O)Cn2nnnc2-c2ccncc2)no1. The molecule has 0 saturated heterocycles. The molecular formula is C12H11N7O2. The molecule has 0 aliphatic heterocycles. The number of pyridine rings is 1. The summed E-state index contributed by atoms with van der Waals surface area (Å²) < 4.78 is 6.28. The highest BCUT2D eigenvalue weighted by Gasteiger charge is 2.13. The Hall–Kier alpha value is -3.10. The van der Waals surface area contributed by atoms with Crippen LogP contribution in [0.2, 0.25) is 0 Å². The van der Waals surface area contributed by atoms with E-state index >= 15 is 0 Å². The van der Waals surface area contributed by atoms with Crippen molar-refractivity contribution in [2.75, 3.05) is 5.32 Å². The number of aryl methyl sites for hydroxylation is 1. The summed E-state index contributed by atoms with van der Waals surface area (Å²) >= 11 is 0. The van der Waals surface area contributed by atoms with E-state index in [4.69, 9.17) is 4.52 Å². The van der Waals surface area contributed by atoms with Crippen molar-refractivity contribution in [1.29, 1.82) is 0 Å². The molecule has 9 heteroatoms. The van der Waals surface area contributed by atoms with Crippen LogP contribution in [-0.4, -0.2) is 36.3 Å². The maximum absolute atomic E-state index is 12.0. The normalized spacial score (nSPS) is 10.5. The minimum Gasteiger partial charge on any atom is -0.360 e. The highest BCUT2D eigenvalue weighted by atomic mass is 16.5. The van der Waals surface area contributed by atoms with Crippen molar-refractivity contribution in [1.82, 2.24) is 30.3 Å². The molecule has 0 unspecified atom stereocenters. The number of carbonyl (C=O) groups excluding carboxylic acids is 1.